The van der Waals surface area contributed by atoms with Crippen LogP contribution in [0.4, 0.5) is 5.69 Å². The van der Waals surface area contributed by atoms with Crippen LogP contribution in [-0.2, 0) is 6.54 Å². The van der Waals surface area contributed by atoms with Gasteiger partial charge in [-0.05, 0) is 37.8 Å². The Bertz CT molecular complexity index is 653. The van der Waals surface area contributed by atoms with Gasteiger partial charge in [-0.1, -0.05) is 0 Å². The largest absolute Gasteiger partial charge is 0.467 e. The molecular weight excluding hydrogens is 268 g/mol. The number of nitrogens with one attached hydrogen (secondary N) is 1. The molecular formula is C15H18N4O2. The third-order valence-corrected chi connectivity index (χ3v) is 4.18. The number of nitrogens with two attached hydrogens (primary N) is 1. The van der Waals surface area contributed by atoms with Crippen LogP contribution in [0.1, 0.15) is 53.5 Å². The fraction of sp³-hybridized carbons (Fsp3) is 0.467. The zero-order chi connectivity index (χ0) is 14.4. The highest BCUT2D eigenvalue weighted by atomic mass is 16.3. The van der Waals surface area contributed by atoms with Gasteiger partial charge in [-0.2, -0.15) is 5.10 Å². The average molecular weight is 286 g/mol. The monoisotopic (exact) mass is 286 g/mol. The normalized spacial score (nSPS) is 17.9. The van der Waals surface area contributed by atoms with E-state index in [1.54, 1.807) is 6.26 Å². The van der Waals surface area contributed by atoms with Gasteiger partial charge in [-0.25, -0.2) is 0 Å². The molecule has 1 amide bonds. The Balaban J connectivity index is 1.58. The van der Waals surface area contributed by atoms with E-state index in [0.717, 1.165) is 37.1 Å². The first-order valence-corrected chi connectivity index (χ1v) is 7.41. The van der Waals surface area contributed by atoms with Crippen molar-refractivity contribution in [3.8, 4) is 0 Å². The first-order chi connectivity index (χ1) is 10.2. The summed E-state index contributed by atoms with van der Waals surface area (Å²) in [6.45, 7) is 0.474. The summed E-state index contributed by atoms with van der Waals surface area (Å²) in [4.78, 5) is 14.6. The highest BCUT2D eigenvalue weighted by molar-refractivity contribution is 5.98. The molecule has 0 atom stereocenters. The third-order valence-electron chi connectivity index (χ3n) is 4.18. The van der Waals surface area contributed by atoms with Gasteiger partial charge in [0.1, 0.15) is 5.76 Å². The number of hydrogen-bond acceptors (Lipinski definition) is 4. The Morgan fingerprint density at radius 2 is 2.24 bits per heavy atom. The lowest BCUT2D eigenvalue weighted by molar-refractivity contribution is 0.0712. The average Bonchev–Trinajstić information content (AvgIpc) is 3.41. The van der Waals surface area contributed by atoms with Crippen LogP contribution in [0.2, 0.25) is 0 Å². The van der Waals surface area contributed by atoms with Gasteiger partial charge in [0.25, 0.3) is 5.91 Å². The molecule has 0 bridgehead atoms. The maximum Gasteiger partial charge on any atom is 0.277 e. The number of furan rings is 1. The Morgan fingerprint density at radius 1 is 1.43 bits per heavy atom. The molecule has 0 spiro atoms. The second-order valence-corrected chi connectivity index (χ2v) is 5.92. The van der Waals surface area contributed by atoms with Gasteiger partial charge in [0.15, 0.2) is 5.69 Å². The van der Waals surface area contributed by atoms with Gasteiger partial charge < -0.3 is 15.1 Å². The number of nitrogen functional groups attached to an aromatic ring is 1. The lowest BCUT2D eigenvalue weighted by Crippen LogP contribution is -2.33. The van der Waals surface area contributed by atoms with Gasteiger partial charge in [0.05, 0.1) is 24.2 Å². The molecule has 21 heavy (non-hydrogen) atoms. The van der Waals surface area contributed by atoms with Crippen molar-refractivity contribution in [2.24, 2.45) is 0 Å². The SMILES string of the molecule is Nc1c(C(=O)N(Cc2ccco2)C2CC2)n[nH]c1C1CC1. The van der Waals surface area contributed by atoms with E-state index in [9.17, 15) is 4.79 Å². The molecule has 2 aromatic rings. The Morgan fingerprint density at radius 3 is 2.86 bits per heavy atom. The van der Waals surface area contributed by atoms with Crippen molar-refractivity contribution in [2.75, 3.05) is 5.73 Å². The van der Waals surface area contributed by atoms with E-state index in [1.165, 1.54) is 0 Å². The van der Waals surface area contributed by atoms with Crippen LogP contribution < -0.4 is 5.73 Å². The van der Waals surface area contributed by atoms with E-state index < -0.39 is 0 Å². The van der Waals surface area contributed by atoms with Crippen molar-refractivity contribution >= 4 is 11.6 Å². The predicted molar refractivity (Wildman–Crippen MR) is 76.6 cm³/mol. The summed E-state index contributed by atoms with van der Waals surface area (Å²) < 4.78 is 5.36. The second kappa shape index (κ2) is 4.65. The summed E-state index contributed by atoms with van der Waals surface area (Å²) >= 11 is 0. The Hall–Kier alpha value is -2.24. The molecule has 0 aromatic carbocycles. The van der Waals surface area contributed by atoms with Crippen molar-refractivity contribution in [2.45, 2.75) is 44.2 Å². The summed E-state index contributed by atoms with van der Waals surface area (Å²) in [6.07, 6.45) is 5.94. The molecule has 110 valence electrons. The number of amides is 1. The minimum Gasteiger partial charge on any atom is -0.467 e. The zero-order valence-electron chi connectivity index (χ0n) is 11.7. The second-order valence-electron chi connectivity index (χ2n) is 5.92. The number of carbonyl (C=O) groups excluding carboxylic acids is 1. The minimum absolute atomic E-state index is 0.102. The molecule has 0 unspecified atom stereocenters. The number of hydrogen-bond donors (Lipinski definition) is 2. The Kier molecular flexibility index (Phi) is 2.77. The number of H-pyrrole nitrogens is 1. The van der Waals surface area contributed by atoms with Crippen LogP contribution in [0.3, 0.4) is 0 Å². The molecule has 6 nitrogen and oxygen atoms in total. The van der Waals surface area contributed by atoms with Crippen LogP contribution in [0, 0.1) is 0 Å². The molecule has 0 aliphatic heterocycles. The van der Waals surface area contributed by atoms with E-state index in [-0.39, 0.29) is 11.9 Å². The molecule has 2 aliphatic rings. The molecule has 2 aromatic heterocycles. The summed E-state index contributed by atoms with van der Waals surface area (Å²) in [5.41, 5.74) is 7.91. The molecule has 2 fully saturated rings. The van der Waals surface area contributed by atoms with Gasteiger partial charge in [0, 0.05) is 12.0 Å². The van der Waals surface area contributed by atoms with Crippen LogP contribution in [0.5, 0.6) is 0 Å². The molecule has 2 heterocycles. The van der Waals surface area contributed by atoms with E-state index in [4.69, 9.17) is 10.2 Å². The van der Waals surface area contributed by atoms with Crippen LogP contribution in [0.15, 0.2) is 22.8 Å². The fourth-order valence-electron chi connectivity index (χ4n) is 2.67. The summed E-state index contributed by atoms with van der Waals surface area (Å²) in [6, 6.07) is 3.99. The third kappa shape index (κ3) is 2.30. The summed E-state index contributed by atoms with van der Waals surface area (Å²) in [5, 5.41) is 7.11. The van der Waals surface area contributed by atoms with E-state index in [2.05, 4.69) is 10.2 Å². The highest BCUT2D eigenvalue weighted by Crippen LogP contribution is 2.42. The van der Waals surface area contributed by atoms with Crippen LogP contribution in [-0.4, -0.2) is 27.0 Å². The van der Waals surface area contributed by atoms with Crippen LogP contribution in [0.25, 0.3) is 0 Å². The molecule has 6 heteroatoms. The number of anilines is 1. The molecule has 2 aliphatic carbocycles. The minimum atomic E-state index is -0.102. The van der Waals surface area contributed by atoms with Gasteiger partial charge in [-0.3, -0.25) is 9.89 Å². The van der Waals surface area contributed by atoms with Crippen molar-refractivity contribution in [1.29, 1.82) is 0 Å². The smallest absolute Gasteiger partial charge is 0.277 e. The summed E-state index contributed by atoms with van der Waals surface area (Å²) in [5.74, 6) is 1.14. The van der Waals surface area contributed by atoms with Crippen molar-refractivity contribution < 1.29 is 9.21 Å². The summed E-state index contributed by atoms with van der Waals surface area (Å²) in [7, 11) is 0. The maximum atomic E-state index is 12.8. The van der Waals surface area contributed by atoms with Gasteiger partial charge in [0.2, 0.25) is 0 Å². The first kappa shape index (κ1) is 12.5. The fourth-order valence-corrected chi connectivity index (χ4v) is 2.67. The van der Waals surface area contributed by atoms with Crippen molar-refractivity contribution in [3.05, 3.63) is 35.5 Å². The lowest BCUT2D eigenvalue weighted by Gasteiger charge is -2.20. The highest BCUT2D eigenvalue weighted by Gasteiger charge is 2.37. The van der Waals surface area contributed by atoms with E-state index in [1.807, 2.05) is 17.0 Å². The number of aromatic nitrogens is 2. The topological polar surface area (TPSA) is 88.2 Å². The number of carbonyl (C=O) groups is 1. The van der Waals surface area contributed by atoms with Crippen LogP contribution >= 0.6 is 0 Å². The maximum absolute atomic E-state index is 12.8. The van der Waals surface area contributed by atoms with Gasteiger partial charge >= 0.3 is 0 Å². The van der Waals surface area contributed by atoms with Crippen molar-refractivity contribution in [3.63, 3.8) is 0 Å². The first-order valence-electron chi connectivity index (χ1n) is 7.41. The lowest BCUT2D eigenvalue weighted by atomic mass is 10.2. The predicted octanol–water partition coefficient (Wildman–Crippen LogP) is 2.27. The van der Waals surface area contributed by atoms with E-state index in [0.29, 0.717) is 23.8 Å². The standard InChI is InChI=1S/C15H18N4O2/c16-12-13(9-3-4-9)17-18-14(12)15(20)19(10-5-6-10)8-11-2-1-7-21-11/h1-2,7,9-10H,3-6,8,16H2,(H,17,18). The molecule has 0 saturated heterocycles. The zero-order valence-corrected chi connectivity index (χ0v) is 11.7. The van der Waals surface area contributed by atoms with Crippen molar-refractivity contribution in [1.82, 2.24) is 15.1 Å². The molecule has 4 rings (SSSR count). The molecule has 0 radical (unpaired) electrons. The molecule has 3 N–H and O–H groups in total. The Labute approximate surface area is 122 Å². The number of nitrogens with zero attached hydrogens (tertiary/aromatic N) is 2. The van der Waals surface area contributed by atoms with Gasteiger partial charge in [-0.15, -0.1) is 0 Å². The quantitative estimate of drug-likeness (QED) is 0.882. The number of rotatable bonds is 5. The molecule has 2 saturated carbocycles. The number of aromatic amines is 1. The van der Waals surface area contributed by atoms with E-state index >= 15 is 0 Å².